The number of aryl methyl sites for hydroxylation is 1. The van der Waals surface area contributed by atoms with Gasteiger partial charge < -0.3 is 5.32 Å². The minimum absolute atomic E-state index is 0.572. The second kappa shape index (κ2) is 3.76. The molecular formula is C9H11ClN2S. The molecule has 1 aliphatic heterocycles. The van der Waals surface area contributed by atoms with Crippen molar-refractivity contribution in [1.29, 1.82) is 0 Å². The predicted molar refractivity (Wildman–Crippen MR) is 58.7 cm³/mol. The second-order valence-electron chi connectivity index (χ2n) is 3.23. The highest BCUT2D eigenvalue weighted by Crippen LogP contribution is 2.26. The van der Waals surface area contributed by atoms with Crippen molar-refractivity contribution in [2.45, 2.75) is 13.0 Å². The number of aromatic nitrogens is 1. The summed E-state index contributed by atoms with van der Waals surface area (Å²) < 4.78 is 0. The quantitative estimate of drug-likeness (QED) is 0.767. The zero-order valence-corrected chi connectivity index (χ0v) is 8.95. The number of pyridine rings is 1. The Morgan fingerprint density at radius 1 is 1.62 bits per heavy atom. The molecule has 0 saturated carbocycles. The lowest BCUT2D eigenvalue weighted by Crippen LogP contribution is -2.33. The maximum absolute atomic E-state index is 5.94. The lowest BCUT2D eigenvalue weighted by Gasteiger charge is -2.27. The molecule has 0 spiro atoms. The third kappa shape index (κ3) is 2.09. The van der Waals surface area contributed by atoms with Crippen LogP contribution in [-0.4, -0.2) is 22.5 Å². The Hall–Kier alpha value is -0.410. The zero-order valence-electron chi connectivity index (χ0n) is 7.38. The van der Waals surface area contributed by atoms with E-state index in [0.29, 0.717) is 11.2 Å². The molecule has 1 saturated heterocycles. The van der Waals surface area contributed by atoms with Crippen LogP contribution in [0.4, 0.5) is 5.69 Å². The number of halogens is 1. The Morgan fingerprint density at radius 2 is 2.38 bits per heavy atom. The topological polar surface area (TPSA) is 24.9 Å². The monoisotopic (exact) mass is 214 g/mol. The highest BCUT2D eigenvalue weighted by molar-refractivity contribution is 8.00. The summed E-state index contributed by atoms with van der Waals surface area (Å²) in [6.07, 6.45) is 1.78. The van der Waals surface area contributed by atoms with Crippen LogP contribution in [-0.2, 0) is 0 Å². The minimum atomic E-state index is 0.572. The van der Waals surface area contributed by atoms with Gasteiger partial charge in [-0.05, 0) is 18.6 Å². The molecule has 13 heavy (non-hydrogen) atoms. The predicted octanol–water partition coefficient (Wildman–Crippen LogP) is 2.57. The Bertz CT molecular complexity index is 312. The molecule has 4 heteroatoms. The van der Waals surface area contributed by atoms with E-state index >= 15 is 0 Å². The summed E-state index contributed by atoms with van der Waals surface area (Å²) in [6, 6.07) is 2.62. The number of nitrogens with one attached hydrogen (secondary N) is 1. The average Bonchev–Trinajstić information content (AvgIpc) is 2.03. The molecular weight excluding hydrogens is 204 g/mol. The second-order valence-corrected chi connectivity index (χ2v) is 4.66. The van der Waals surface area contributed by atoms with E-state index in [1.54, 1.807) is 6.20 Å². The molecule has 1 aromatic rings. The van der Waals surface area contributed by atoms with Gasteiger partial charge in [0.25, 0.3) is 0 Å². The van der Waals surface area contributed by atoms with Crippen molar-refractivity contribution in [1.82, 2.24) is 4.98 Å². The van der Waals surface area contributed by atoms with E-state index in [0.717, 1.165) is 11.3 Å². The molecule has 0 amide bonds. The van der Waals surface area contributed by atoms with Crippen LogP contribution in [0.1, 0.15) is 5.56 Å². The van der Waals surface area contributed by atoms with Crippen LogP contribution in [0.25, 0.3) is 0 Å². The molecule has 0 unspecified atom stereocenters. The minimum Gasteiger partial charge on any atom is -0.378 e. The highest BCUT2D eigenvalue weighted by Gasteiger charge is 2.18. The van der Waals surface area contributed by atoms with E-state index < -0.39 is 0 Å². The van der Waals surface area contributed by atoms with Crippen molar-refractivity contribution in [3.63, 3.8) is 0 Å². The summed E-state index contributed by atoms with van der Waals surface area (Å²) in [6.45, 7) is 2.02. The lowest BCUT2D eigenvalue weighted by molar-refractivity contribution is 0.880. The smallest absolute Gasteiger partial charge is 0.152 e. The number of thioether (sulfide) groups is 1. The van der Waals surface area contributed by atoms with Crippen LogP contribution in [0, 0.1) is 6.92 Å². The Kier molecular flexibility index (Phi) is 2.65. The normalized spacial score (nSPS) is 16.8. The number of nitrogens with zero attached hydrogens (tertiary/aromatic N) is 1. The maximum Gasteiger partial charge on any atom is 0.152 e. The van der Waals surface area contributed by atoms with Crippen molar-refractivity contribution in [2.24, 2.45) is 0 Å². The number of rotatable bonds is 2. The molecule has 2 nitrogen and oxygen atoms in total. The largest absolute Gasteiger partial charge is 0.378 e. The molecule has 0 radical (unpaired) electrons. The van der Waals surface area contributed by atoms with Crippen LogP contribution >= 0.6 is 23.4 Å². The summed E-state index contributed by atoms with van der Waals surface area (Å²) in [4.78, 5) is 4.09. The summed E-state index contributed by atoms with van der Waals surface area (Å²) in [7, 11) is 0. The molecule has 1 N–H and O–H groups in total. The van der Waals surface area contributed by atoms with Gasteiger partial charge in [0.1, 0.15) is 0 Å². The van der Waals surface area contributed by atoms with Gasteiger partial charge in [-0.3, -0.25) is 0 Å². The first-order valence-corrected chi connectivity index (χ1v) is 5.75. The number of anilines is 1. The molecule has 70 valence electrons. The van der Waals surface area contributed by atoms with Crippen molar-refractivity contribution in [3.05, 3.63) is 23.0 Å². The van der Waals surface area contributed by atoms with Gasteiger partial charge in [0, 0.05) is 23.7 Å². The molecule has 0 bridgehead atoms. The molecule has 1 aliphatic rings. The van der Waals surface area contributed by atoms with Gasteiger partial charge in [0.05, 0.1) is 5.69 Å². The summed E-state index contributed by atoms with van der Waals surface area (Å²) in [5, 5.41) is 3.94. The SMILES string of the molecule is Cc1cnc(Cl)c(NC2CSC2)c1. The zero-order chi connectivity index (χ0) is 9.26. The third-order valence-corrected chi connectivity index (χ3v) is 3.55. The Morgan fingerprint density at radius 3 is 3.00 bits per heavy atom. The third-order valence-electron chi connectivity index (χ3n) is 1.97. The average molecular weight is 215 g/mol. The van der Waals surface area contributed by atoms with Gasteiger partial charge in [-0.15, -0.1) is 0 Å². The highest BCUT2D eigenvalue weighted by atomic mass is 35.5. The van der Waals surface area contributed by atoms with Crippen LogP contribution in [0.3, 0.4) is 0 Å². The molecule has 0 aromatic carbocycles. The van der Waals surface area contributed by atoms with Gasteiger partial charge in [0.2, 0.25) is 0 Å². The first kappa shape index (κ1) is 9.16. The van der Waals surface area contributed by atoms with Gasteiger partial charge >= 0.3 is 0 Å². The Balaban J connectivity index is 2.13. The Labute approximate surface area is 87.1 Å². The first-order chi connectivity index (χ1) is 6.25. The van der Waals surface area contributed by atoms with E-state index in [1.807, 2.05) is 24.8 Å². The van der Waals surface area contributed by atoms with Gasteiger partial charge in [0.15, 0.2) is 5.15 Å². The summed E-state index contributed by atoms with van der Waals surface area (Å²) in [5.41, 5.74) is 2.10. The fourth-order valence-corrected chi connectivity index (χ4v) is 1.99. The van der Waals surface area contributed by atoms with Crippen LogP contribution in [0.5, 0.6) is 0 Å². The summed E-state index contributed by atoms with van der Waals surface area (Å²) in [5.74, 6) is 2.34. The van der Waals surface area contributed by atoms with E-state index in [4.69, 9.17) is 11.6 Å². The molecule has 0 atom stereocenters. The summed E-state index contributed by atoms with van der Waals surface area (Å²) >= 11 is 7.89. The molecule has 1 aromatic heterocycles. The van der Waals surface area contributed by atoms with E-state index in [-0.39, 0.29) is 0 Å². The molecule has 2 rings (SSSR count). The fourth-order valence-electron chi connectivity index (χ4n) is 1.19. The van der Waals surface area contributed by atoms with Crippen molar-refractivity contribution < 1.29 is 0 Å². The maximum atomic E-state index is 5.94. The van der Waals surface area contributed by atoms with Crippen LogP contribution < -0.4 is 5.32 Å². The van der Waals surface area contributed by atoms with E-state index in [2.05, 4.69) is 10.3 Å². The molecule has 2 heterocycles. The fraction of sp³-hybridized carbons (Fsp3) is 0.444. The van der Waals surface area contributed by atoms with Crippen LogP contribution in [0.2, 0.25) is 5.15 Å². The van der Waals surface area contributed by atoms with Gasteiger partial charge in [-0.1, -0.05) is 11.6 Å². The van der Waals surface area contributed by atoms with Crippen molar-refractivity contribution >= 4 is 29.1 Å². The number of hydrogen-bond donors (Lipinski definition) is 1. The van der Waals surface area contributed by atoms with Crippen LogP contribution in [0.15, 0.2) is 12.3 Å². The van der Waals surface area contributed by atoms with E-state index in [1.165, 1.54) is 11.5 Å². The first-order valence-electron chi connectivity index (χ1n) is 4.22. The number of hydrogen-bond acceptors (Lipinski definition) is 3. The molecule has 0 aliphatic carbocycles. The van der Waals surface area contributed by atoms with Gasteiger partial charge in [-0.25, -0.2) is 4.98 Å². The van der Waals surface area contributed by atoms with Gasteiger partial charge in [-0.2, -0.15) is 11.8 Å². The lowest BCUT2D eigenvalue weighted by atomic mass is 10.2. The van der Waals surface area contributed by atoms with Crippen molar-refractivity contribution in [3.8, 4) is 0 Å². The molecule has 1 fully saturated rings. The standard InChI is InChI=1S/C9H11ClN2S/c1-6-2-8(9(10)11-3-6)12-7-4-13-5-7/h2-3,7,12H,4-5H2,1H3. The van der Waals surface area contributed by atoms with Crippen molar-refractivity contribution in [2.75, 3.05) is 16.8 Å². The van der Waals surface area contributed by atoms with E-state index in [9.17, 15) is 0 Å².